The minimum Gasteiger partial charge on any atom is -0.488 e. The lowest BCUT2D eigenvalue weighted by molar-refractivity contribution is 0.0319. The fourth-order valence-electron chi connectivity index (χ4n) is 2.90. The van der Waals surface area contributed by atoms with Crippen molar-refractivity contribution in [2.75, 3.05) is 6.54 Å². The van der Waals surface area contributed by atoms with Crippen LogP contribution in [-0.2, 0) is 0 Å². The topological polar surface area (TPSA) is 41.5 Å². The number of aliphatic hydroxyl groups excluding tert-OH is 1. The molecule has 21 heavy (non-hydrogen) atoms. The van der Waals surface area contributed by atoms with E-state index in [2.05, 4.69) is 31.3 Å². The Bertz CT molecular complexity index is 421. The number of aliphatic hydroxyl groups is 1. The Kier molecular flexibility index (Phi) is 6.52. The van der Waals surface area contributed by atoms with Crippen LogP contribution in [-0.4, -0.2) is 23.9 Å². The van der Waals surface area contributed by atoms with Gasteiger partial charge in [-0.2, -0.15) is 0 Å². The molecular formula is C18H29NO2. The van der Waals surface area contributed by atoms with Crippen molar-refractivity contribution >= 4 is 0 Å². The number of rotatable bonds is 6. The largest absolute Gasteiger partial charge is 0.488 e. The lowest BCUT2D eigenvalue weighted by Crippen LogP contribution is -2.30. The molecule has 0 heterocycles. The van der Waals surface area contributed by atoms with Gasteiger partial charge in [0.2, 0.25) is 0 Å². The van der Waals surface area contributed by atoms with Gasteiger partial charge in [0, 0.05) is 6.04 Å². The molecule has 3 heteroatoms. The van der Waals surface area contributed by atoms with Crippen LogP contribution in [0.1, 0.15) is 64.0 Å². The Morgan fingerprint density at radius 1 is 1.29 bits per heavy atom. The predicted octanol–water partition coefficient (Wildman–Crippen LogP) is 3.82. The zero-order valence-corrected chi connectivity index (χ0v) is 13.3. The molecule has 0 aliphatic heterocycles. The van der Waals surface area contributed by atoms with Crippen molar-refractivity contribution in [1.82, 2.24) is 5.32 Å². The molecular weight excluding hydrogens is 262 g/mol. The first-order valence-corrected chi connectivity index (χ1v) is 8.38. The maximum Gasteiger partial charge on any atom is 0.124 e. The molecule has 0 bridgehead atoms. The summed E-state index contributed by atoms with van der Waals surface area (Å²) in [5.41, 5.74) is 1.24. The van der Waals surface area contributed by atoms with Gasteiger partial charge in [-0.3, -0.25) is 0 Å². The van der Waals surface area contributed by atoms with E-state index in [1.165, 1.54) is 12.0 Å². The summed E-state index contributed by atoms with van der Waals surface area (Å²) in [7, 11) is 0. The van der Waals surface area contributed by atoms with Crippen molar-refractivity contribution < 1.29 is 9.84 Å². The predicted molar refractivity (Wildman–Crippen MR) is 86.7 cm³/mol. The van der Waals surface area contributed by atoms with Crippen LogP contribution in [0.5, 0.6) is 5.75 Å². The van der Waals surface area contributed by atoms with Crippen molar-refractivity contribution in [3.8, 4) is 5.75 Å². The second-order valence-corrected chi connectivity index (χ2v) is 6.11. The fourth-order valence-corrected chi connectivity index (χ4v) is 2.90. The van der Waals surface area contributed by atoms with E-state index in [4.69, 9.17) is 4.74 Å². The number of ether oxygens (including phenoxy) is 1. The first-order valence-electron chi connectivity index (χ1n) is 8.38. The van der Waals surface area contributed by atoms with Gasteiger partial charge in [-0.25, -0.2) is 0 Å². The summed E-state index contributed by atoms with van der Waals surface area (Å²) >= 11 is 0. The van der Waals surface area contributed by atoms with Gasteiger partial charge < -0.3 is 15.2 Å². The third-order valence-electron chi connectivity index (χ3n) is 4.26. The average Bonchev–Trinajstić information content (AvgIpc) is 2.70. The molecule has 118 valence electrons. The van der Waals surface area contributed by atoms with Crippen LogP contribution in [0.2, 0.25) is 0 Å². The Labute approximate surface area is 128 Å². The molecule has 3 atom stereocenters. The van der Waals surface area contributed by atoms with Gasteiger partial charge in [0.1, 0.15) is 11.9 Å². The van der Waals surface area contributed by atoms with Crippen molar-refractivity contribution in [2.45, 2.75) is 70.6 Å². The fraction of sp³-hybridized carbons (Fsp3) is 0.667. The van der Waals surface area contributed by atoms with Crippen LogP contribution in [0.4, 0.5) is 0 Å². The Morgan fingerprint density at radius 2 is 2.10 bits per heavy atom. The highest BCUT2D eigenvalue weighted by molar-refractivity contribution is 5.30. The van der Waals surface area contributed by atoms with Gasteiger partial charge in [0.15, 0.2) is 0 Å². The number of nitrogens with one attached hydrogen (secondary N) is 1. The SMILES string of the molecule is CCCNC(C)c1cccc(OC2CCCCCC2O)c1. The van der Waals surface area contributed by atoms with Gasteiger partial charge >= 0.3 is 0 Å². The first kappa shape index (κ1) is 16.3. The molecule has 0 amide bonds. The molecule has 1 aromatic carbocycles. The first-order chi connectivity index (χ1) is 10.2. The molecule has 3 nitrogen and oxygen atoms in total. The Hall–Kier alpha value is -1.06. The van der Waals surface area contributed by atoms with E-state index in [1.807, 2.05) is 12.1 Å². The van der Waals surface area contributed by atoms with Crippen molar-refractivity contribution in [3.05, 3.63) is 29.8 Å². The van der Waals surface area contributed by atoms with Crippen LogP contribution < -0.4 is 10.1 Å². The zero-order valence-electron chi connectivity index (χ0n) is 13.3. The van der Waals surface area contributed by atoms with Crippen LogP contribution in [0.3, 0.4) is 0 Å². The molecule has 1 saturated carbocycles. The summed E-state index contributed by atoms with van der Waals surface area (Å²) in [4.78, 5) is 0. The van der Waals surface area contributed by atoms with E-state index in [9.17, 15) is 5.11 Å². The van der Waals surface area contributed by atoms with Gasteiger partial charge in [-0.05, 0) is 56.8 Å². The van der Waals surface area contributed by atoms with Crippen LogP contribution >= 0.6 is 0 Å². The highest BCUT2D eigenvalue weighted by Gasteiger charge is 2.23. The molecule has 0 aromatic heterocycles. The van der Waals surface area contributed by atoms with Gasteiger partial charge in [0.05, 0.1) is 6.10 Å². The van der Waals surface area contributed by atoms with Crippen LogP contribution in [0, 0.1) is 0 Å². The Balaban J connectivity index is 1.99. The highest BCUT2D eigenvalue weighted by atomic mass is 16.5. The molecule has 2 N–H and O–H groups in total. The summed E-state index contributed by atoms with van der Waals surface area (Å²) in [6, 6.07) is 8.59. The van der Waals surface area contributed by atoms with Crippen LogP contribution in [0.25, 0.3) is 0 Å². The van der Waals surface area contributed by atoms with E-state index >= 15 is 0 Å². The summed E-state index contributed by atoms with van der Waals surface area (Å²) in [6.45, 7) is 5.37. The summed E-state index contributed by atoms with van der Waals surface area (Å²) in [5, 5.41) is 13.7. The monoisotopic (exact) mass is 291 g/mol. The molecule has 1 aliphatic rings. The van der Waals surface area contributed by atoms with Crippen molar-refractivity contribution in [2.24, 2.45) is 0 Å². The summed E-state index contributed by atoms with van der Waals surface area (Å²) < 4.78 is 6.07. The summed E-state index contributed by atoms with van der Waals surface area (Å²) in [6.07, 6.45) is 6.03. The molecule has 3 unspecified atom stereocenters. The van der Waals surface area contributed by atoms with E-state index in [0.29, 0.717) is 6.04 Å². The van der Waals surface area contributed by atoms with E-state index in [1.54, 1.807) is 0 Å². The maximum absolute atomic E-state index is 10.2. The van der Waals surface area contributed by atoms with Gasteiger partial charge in [-0.15, -0.1) is 0 Å². The zero-order chi connectivity index (χ0) is 15.1. The third kappa shape index (κ3) is 5.01. The smallest absolute Gasteiger partial charge is 0.124 e. The standard InChI is InChI=1S/C18H29NO2/c1-3-12-19-14(2)15-8-7-9-16(13-15)21-18-11-6-4-5-10-17(18)20/h7-9,13-14,17-20H,3-6,10-12H2,1-2H3. The van der Waals surface area contributed by atoms with Crippen molar-refractivity contribution in [3.63, 3.8) is 0 Å². The number of benzene rings is 1. The average molecular weight is 291 g/mol. The molecule has 1 aliphatic carbocycles. The summed E-state index contributed by atoms with van der Waals surface area (Å²) in [5.74, 6) is 0.878. The second kappa shape index (κ2) is 8.40. The molecule has 0 spiro atoms. The van der Waals surface area contributed by atoms with Gasteiger partial charge in [0.25, 0.3) is 0 Å². The van der Waals surface area contributed by atoms with E-state index in [0.717, 1.165) is 44.4 Å². The van der Waals surface area contributed by atoms with Crippen LogP contribution in [0.15, 0.2) is 24.3 Å². The third-order valence-corrected chi connectivity index (χ3v) is 4.26. The molecule has 0 radical (unpaired) electrons. The molecule has 1 fully saturated rings. The normalized spacial score (nSPS) is 24.3. The van der Waals surface area contributed by atoms with E-state index < -0.39 is 0 Å². The number of hydrogen-bond acceptors (Lipinski definition) is 3. The lowest BCUT2D eigenvalue weighted by atomic mass is 10.1. The minimum absolute atomic E-state index is 0.0540. The minimum atomic E-state index is -0.327. The molecule has 2 rings (SSSR count). The van der Waals surface area contributed by atoms with Gasteiger partial charge in [-0.1, -0.05) is 31.9 Å². The quantitative estimate of drug-likeness (QED) is 0.783. The molecule has 0 saturated heterocycles. The van der Waals surface area contributed by atoms with Crippen molar-refractivity contribution in [1.29, 1.82) is 0 Å². The second-order valence-electron chi connectivity index (χ2n) is 6.11. The number of hydrogen-bond donors (Lipinski definition) is 2. The molecule has 1 aromatic rings. The highest BCUT2D eigenvalue weighted by Crippen LogP contribution is 2.25. The Morgan fingerprint density at radius 3 is 2.90 bits per heavy atom. The lowest BCUT2D eigenvalue weighted by Gasteiger charge is -2.23. The maximum atomic E-state index is 10.2. The van der Waals surface area contributed by atoms with E-state index in [-0.39, 0.29) is 12.2 Å².